The van der Waals surface area contributed by atoms with Crippen LogP contribution in [-0.2, 0) is 39.4 Å². The molecule has 4 heterocycles. The summed E-state index contributed by atoms with van der Waals surface area (Å²) in [4.78, 5) is 56.1. The van der Waals surface area contributed by atoms with Crippen LogP contribution in [-0.4, -0.2) is 67.6 Å². The Kier molecular flexibility index (Phi) is 10.3. The lowest BCUT2D eigenvalue weighted by Gasteiger charge is -2.32. The summed E-state index contributed by atoms with van der Waals surface area (Å²) in [6, 6.07) is 29.1. The van der Waals surface area contributed by atoms with Crippen molar-refractivity contribution >= 4 is 48.1 Å². The fourth-order valence-electron chi connectivity index (χ4n) is 9.03. The number of aromatic amines is 1. The number of non-ortho nitro benzene ring substituents is 1. The van der Waals surface area contributed by atoms with Crippen LogP contribution in [0, 0.1) is 16.0 Å². The third-order valence-electron chi connectivity index (χ3n) is 11.7. The van der Waals surface area contributed by atoms with Gasteiger partial charge in [0.05, 0.1) is 47.9 Å². The lowest BCUT2D eigenvalue weighted by Crippen LogP contribution is -2.46. The average molecular weight is 800 g/mol. The van der Waals surface area contributed by atoms with Gasteiger partial charge in [-0.2, -0.15) is 0 Å². The SMILES string of the molecule is C[C@@H]1[C@@H]([Si](C)(C)O)[C@H](CCn2cc(C(CO)c3ccccc3)nn2)O[C@@]12C(=O)N(Cc1ccc(NC(=O)Cc3c[nH]c4ccccc34)cc1)c1ccc([N+](=O)[O-])cc12. The second-order valence-electron chi connectivity index (χ2n) is 15.8. The molecule has 0 saturated carbocycles. The maximum atomic E-state index is 14.9. The van der Waals surface area contributed by atoms with Gasteiger partial charge in [0.15, 0.2) is 13.9 Å². The number of hydrogen-bond acceptors (Lipinski definition) is 9. The topological polar surface area (TPSA) is 189 Å². The van der Waals surface area contributed by atoms with Crippen molar-refractivity contribution in [2.45, 2.75) is 69.1 Å². The third kappa shape index (κ3) is 7.10. The summed E-state index contributed by atoms with van der Waals surface area (Å²) in [6.07, 6.45) is 3.64. The number of benzene rings is 4. The minimum absolute atomic E-state index is 0.141. The first-order valence-corrected chi connectivity index (χ1v) is 22.4. The van der Waals surface area contributed by atoms with Crippen LogP contribution in [0.25, 0.3) is 10.9 Å². The number of carbonyl (C=O) groups excluding carboxylic acids is 2. The molecule has 58 heavy (non-hydrogen) atoms. The molecular weight excluding hydrogens is 755 g/mol. The summed E-state index contributed by atoms with van der Waals surface area (Å²) >= 11 is 0. The molecule has 14 nitrogen and oxygen atoms in total. The molecule has 0 aliphatic carbocycles. The van der Waals surface area contributed by atoms with Gasteiger partial charge in [-0.25, -0.2) is 0 Å². The molecule has 15 heteroatoms. The highest BCUT2D eigenvalue weighted by Crippen LogP contribution is 2.60. The van der Waals surface area contributed by atoms with Crippen molar-refractivity contribution in [1.82, 2.24) is 20.0 Å². The molecule has 5 atom stereocenters. The lowest BCUT2D eigenvalue weighted by atomic mass is 9.82. The van der Waals surface area contributed by atoms with Crippen molar-refractivity contribution < 1.29 is 29.2 Å². The van der Waals surface area contributed by atoms with Crippen molar-refractivity contribution in [3.8, 4) is 0 Å². The molecule has 0 radical (unpaired) electrons. The van der Waals surface area contributed by atoms with Crippen molar-refractivity contribution in [3.05, 3.63) is 148 Å². The van der Waals surface area contributed by atoms with Crippen molar-refractivity contribution in [1.29, 1.82) is 0 Å². The molecule has 4 aromatic carbocycles. The molecule has 6 aromatic rings. The van der Waals surface area contributed by atoms with Crippen LogP contribution in [0.15, 0.2) is 109 Å². The largest absolute Gasteiger partial charge is 0.432 e. The van der Waals surface area contributed by atoms with Crippen molar-refractivity contribution in [2.75, 3.05) is 16.8 Å². The van der Waals surface area contributed by atoms with E-state index < -0.39 is 36.4 Å². The molecule has 1 spiro atoms. The smallest absolute Gasteiger partial charge is 0.269 e. The van der Waals surface area contributed by atoms with Crippen LogP contribution in [0.5, 0.6) is 0 Å². The number of amides is 2. The number of rotatable bonds is 13. The number of nitrogens with one attached hydrogen (secondary N) is 2. The molecule has 298 valence electrons. The van der Waals surface area contributed by atoms with Gasteiger partial charge in [-0.1, -0.05) is 72.8 Å². The zero-order valence-electron chi connectivity index (χ0n) is 32.4. The van der Waals surface area contributed by atoms with Crippen LogP contribution in [0.2, 0.25) is 18.6 Å². The van der Waals surface area contributed by atoms with Gasteiger partial charge < -0.3 is 29.8 Å². The molecule has 4 N–H and O–H groups in total. The van der Waals surface area contributed by atoms with E-state index in [4.69, 9.17) is 4.74 Å². The third-order valence-corrected chi connectivity index (χ3v) is 14.2. The number of ether oxygens (including phenoxy) is 1. The summed E-state index contributed by atoms with van der Waals surface area (Å²) in [5.74, 6) is -1.39. The molecule has 2 amide bonds. The zero-order valence-corrected chi connectivity index (χ0v) is 33.4. The van der Waals surface area contributed by atoms with Crippen molar-refractivity contribution in [2.24, 2.45) is 5.92 Å². The van der Waals surface area contributed by atoms with E-state index in [9.17, 15) is 29.6 Å². The Balaban J connectivity index is 1.03. The number of aliphatic hydroxyl groups is 1. The molecule has 0 bridgehead atoms. The van der Waals surface area contributed by atoms with Crippen LogP contribution in [0.4, 0.5) is 17.1 Å². The van der Waals surface area contributed by atoms with Crippen molar-refractivity contribution in [3.63, 3.8) is 0 Å². The highest BCUT2D eigenvalue weighted by Gasteiger charge is 2.66. The van der Waals surface area contributed by atoms with E-state index >= 15 is 0 Å². The van der Waals surface area contributed by atoms with Gasteiger partial charge in [0, 0.05) is 64.7 Å². The normalized spacial score (nSPS) is 20.8. The number of H-pyrrole nitrogens is 1. The number of aromatic nitrogens is 4. The number of anilines is 2. The van der Waals surface area contributed by atoms with E-state index in [1.165, 1.54) is 12.1 Å². The minimum atomic E-state index is -3.03. The maximum Gasteiger partial charge on any atom is 0.269 e. The fourth-order valence-corrected chi connectivity index (χ4v) is 11.6. The van der Waals surface area contributed by atoms with E-state index in [0.29, 0.717) is 35.6 Å². The van der Waals surface area contributed by atoms with Crippen LogP contribution >= 0.6 is 0 Å². The Morgan fingerprint density at radius 1 is 1.07 bits per heavy atom. The number of nitro groups is 1. The molecule has 1 unspecified atom stereocenters. The Labute approximate surface area is 335 Å². The van der Waals surface area contributed by atoms with E-state index in [1.54, 1.807) is 34.0 Å². The Morgan fingerprint density at radius 3 is 2.53 bits per heavy atom. The predicted octanol–water partition coefficient (Wildman–Crippen LogP) is 6.41. The average Bonchev–Trinajstić information content (AvgIpc) is 3.97. The second-order valence-corrected chi connectivity index (χ2v) is 19.8. The lowest BCUT2D eigenvalue weighted by molar-refractivity contribution is -0.385. The van der Waals surface area contributed by atoms with Gasteiger partial charge in [0.1, 0.15) is 0 Å². The molecule has 2 aliphatic heterocycles. The molecule has 1 saturated heterocycles. The van der Waals surface area contributed by atoms with E-state index in [-0.39, 0.29) is 43.0 Å². The van der Waals surface area contributed by atoms with Gasteiger partial charge >= 0.3 is 0 Å². The highest BCUT2D eigenvalue weighted by molar-refractivity contribution is 6.71. The number of fused-ring (bicyclic) bond motifs is 3. The van der Waals surface area contributed by atoms with Gasteiger partial charge in [0.2, 0.25) is 5.91 Å². The van der Waals surface area contributed by atoms with Gasteiger partial charge in [-0.05, 0) is 60.5 Å². The monoisotopic (exact) mass is 799 g/mol. The highest BCUT2D eigenvalue weighted by atomic mass is 28.4. The number of hydrogen-bond donors (Lipinski definition) is 4. The van der Waals surface area contributed by atoms with Crippen LogP contribution < -0.4 is 10.2 Å². The fraction of sp³-hybridized carbons (Fsp3) is 0.302. The van der Waals surface area contributed by atoms with Gasteiger partial charge in [-0.15, -0.1) is 5.10 Å². The molecular formula is C43H45N7O7Si. The summed E-state index contributed by atoms with van der Waals surface area (Å²) in [5, 5.41) is 34.9. The number of carbonyl (C=O) groups is 2. The van der Waals surface area contributed by atoms with E-state index in [1.807, 2.05) is 92.9 Å². The summed E-state index contributed by atoms with van der Waals surface area (Å²) in [5.41, 5.74) is 3.53. The number of nitrogens with zero attached hydrogens (tertiary/aromatic N) is 5. The predicted molar refractivity (Wildman–Crippen MR) is 221 cm³/mol. The first-order valence-electron chi connectivity index (χ1n) is 19.4. The Hall–Kier alpha value is -6.00. The number of aliphatic hydroxyl groups excluding tert-OH is 1. The maximum absolute atomic E-state index is 14.9. The number of aryl methyl sites for hydroxylation is 1. The number of nitro benzene ring substituents is 1. The zero-order chi connectivity index (χ0) is 40.8. The molecule has 8 rings (SSSR count). The van der Waals surface area contributed by atoms with E-state index in [0.717, 1.165) is 27.6 Å². The van der Waals surface area contributed by atoms with Crippen LogP contribution in [0.1, 0.15) is 47.2 Å². The molecule has 2 aromatic heterocycles. The number of para-hydroxylation sites is 1. The van der Waals surface area contributed by atoms with Crippen LogP contribution in [0.3, 0.4) is 0 Å². The first-order chi connectivity index (χ1) is 27.9. The molecule has 2 aliphatic rings. The summed E-state index contributed by atoms with van der Waals surface area (Å²) in [7, 11) is -3.03. The first kappa shape index (κ1) is 38.9. The second kappa shape index (κ2) is 15.4. The quantitative estimate of drug-likeness (QED) is 0.0582. The Morgan fingerprint density at radius 2 is 1.81 bits per heavy atom. The summed E-state index contributed by atoms with van der Waals surface area (Å²) in [6.45, 7) is 5.92. The Bertz CT molecular complexity index is 2480. The van der Waals surface area contributed by atoms with E-state index in [2.05, 4.69) is 20.6 Å². The van der Waals surface area contributed by atoms with Gasteiger partial charge in [-0.3, -0.25) is 24.4 Å². The summed E-state index contributed by atoms with van der Waals surface area (Å²) < 4.78 is 8.59. The van der Waals surface area contributed by atoms with Gasteiger partial charge in [0.25, 0.3) is 11.6 Å². The minimum Gasteiger partial charge on any atom is -0.432 e. The standard InChI is InChI=1S/C43H45N7O7Si/c1-27-41(58(2,3)56)39(19-20-48-25-37(46-47-48)34(26-51)29-9-5-4-6-10-29)57-43(27)35-22-32(50(54)55)17-18-38(35)49(42(43)53)24-28-13-15-31(16-14-28)45-40(52)21-30-23-44-36-12-8-7-11-33(30)36/h4-18,22-23,25,27,34,39,41,44,51,56H,19-21,24,26H2,1-3H3,(H,45,52)/t27-,34?,39+,41-,43+/m1/s1. The molecule has 1 fully saturated rings.